The summed E-state index contributed by atoms with van der Waals surface area (Å²) in [5, 5.41) is 0. The van der Waals surface area contributed by atoms with E-state index in [4.69, 9.17) is 4.74 Å². The van der Waals surface area contributed by atoms with Crippen molar-refractivity contribution in [3.8, 4) is 5.75 Å². The van der Waals surface area contributed by atoms with Gasteiger partial charge >= 0.3 is 5.97 Å². The van der Waals surface area contributed by atoms with E-state index in [1.807, 2.05) is 12.1 Å². The lowest BCUT2D eigenvalue weighted by Gasteiger charge is -2.24. The normalized spacial score (nSPS) is 33.9. The summed E-state index contributed by atoms with van der Waals surface area (Å²) in [4.78, 5) is 11.9. The first kappa shape index (κ1) is 10.5. The number of alkyl halides is 1. The molecule has 1 saturated carbocycles. The van der Waals surface area contributed by atoms with Gasteiger partial charge in [0.05, 0.1) is 0 Å². The van der Waals surface area contributed by atoms with E-state index in [1.54, 1.807) is 30.3 Å². The summed E-state index contributed by atoms with van der Waals surface area (Å²) in [6.07, 6.45) is 4.80. The van der Waals surface area contributed by atoms with Crippen LogP contribution in [0.1, 0.15) is 12.8 Å². The van der Waals surface area contributed by atoms with Crippen molar-refractivity contribution in [3.05, 3.63) is 42.5 Å². The molecule has 0 unspecified atom stereocenters. The van der Waals surface area contributed by atoms with Gasteiger partial charge < -0.3 is 4.74 Å². The van der Waals surface area contributed by atoms with Crippen LogP contribution in [0.25, 0.3) is 0 Å². The highest BCUT2D eigenvalue weighted by atomic mass is 19.1. The summed E-state index contributed by atoms with van der Waals surface area (Å²) in [7, 11) is 0. The molecule has 3 rings (SSSR count). The summed E-state index contributed by atoms with van der Waals surface area (Å²) in [5.41, 5.74) is -1.82. The molecule has 0 saturated heterocycles. The molecule has 0 aliphatic heterocycles. The Morgan fingerprint density at radius 1 is 1.29 bits per heavy atom. The van der Waals surface area contributed by atoms with Crippen molar-refractivity contribution in [1.29, 1.82) is 0 Å². The van der Waals surface area contributed by atoms with Crippen LogP contribution in [-0.4, -0.2) is 11.6 Å². The topological polar surface area (TPSA) is 26.3 Å². The fraction of sp³-hybridized carbons (Fsp3) is 0.357. The standard InChI is InChI=1S/C14H13FO2/c15-14(9-10-6-7-11(14)8-10)13(16)17-12-4-2-1-3-5-12/h1-7,10-11H,8-9H2/t10-,11+,14+/m0/s1. The van der Waals surface area contributed by atoms with Gasteiger partial charge in [0.2, 0.25) is 5.67 Å². The van der Waals surface area contributed by atoms with Gasteiger partial charge in [-0.15, -0.1) is 0 Å². The number of allylic oxidation sites excluding steroid dienone is 2. The molecule has 0 heterocycles. The summed E-state index contributed by atoms with van der Waals surface area (Å²) in [6.45, 7) is 0. The lowest BCUT2D eigenvalue weighted by Crippen LogP contribution is -2.41. The van der Waals surface area contributed by atoms with E-state index in [9.17, 15) is 9.18 Å². The van der Waals surface area contributed by atoms with Crippen LogP contribution in [0.15, 0.2) is 42.5 Å². The number of carbonyl (C=O) groups is 1. The maximum Gasteiger partial charge on any atom is 0.349 e. The molecule has 0 amide bonds. The van der Waals surface area contributed by atoms with Gasteiger partial charge in [0, 0.05) is 5.92 Å². The number of carbonyl (C=O) groups excluding carboxylic acids is 1. The molecule has 2 aliphatic rings. The van der Waals surface area contributed by atoms with Crippen molar-refractivity contribution >= 4 is 5.97 Å². The second-order valence-corrected chi connectivity index (χ2v) is 4.76. The van der Waals surface area contributed by atoms with Crippen LogP contribution in [0.2, 0.25) is 0 Å². The third kappa shape index (κ3) is 1.66. The van der Waals surface area contributed by atoms with Gasteiger partial charge in [0.15, 0.2) is 0 Å². The number of para-hydroxylation sites is 1. The molecular weight excluding hydrogens is 219 g/mol. The Bertz CT molecular complexity index is 468. The summed E-state index contributed by atoms with van der Waals surface area (Å²) < 4.78 is 19.7. The van der Waals surface area contributed by atoms with Gasteiger partial charge in [0.1, 0.15) is 5.75 Å². The highest BCUT2D eigenvalue weighted by Gasteiger charge is 2.55. The van der Waals surface area contributed by atoms with Crippen molar-refractivity contribution in [1.82, 2.24) is 0 Å². The number of hydrogen-bond acceptors (Lipinski definition) is 2. The average Bonchev–Trinajstić information content (AvgIpc) is 2.90. The first-order chi connectivity index (χ1) is 8.18. The number of ether oxygens (including phenoxy) is 1. The smallest absolute Gasteiger partial charge is 0.349 e. The molecule has 3 atom stereocenters. The van der Waals surface area contributed by atoms with Crippen molar-refractivity contribution in [3.63, 3.8) is 0 Å². The van der Waals surface area contributed by atoms with Crippen LogP contribution in [0, 0.1) is 11.8 Å². The zero-order valence-electron chi connectivity index (χ0n) is 9.30. The quantitative estimate of drug-likeness (QED) is 0.445. The molecule has 1 fully saturated rings. The van der Waals surface area contributed by atoms with Gasteiger partial charge in [-0.2, -0.15) is 0 Å². The van der Waals surface area contributed by atoms with E-state index < -0.39 is 11.6 Å². The first-order valence-electron chi connectivity index (χ1n) is 5.83. The number of benzene rings is 1. The zero-order valence-corrected chi connectivity index (χ0v) is 9.30. The highest BCUT2D eigenvalue weighted by molar-refractivity contribution is 5.83. The molecule has 2 nitrogen and oxygen atoms in total. The Kier molecular flexibility index (Phi) is 2.28. The maximum absolute atomic E-state index is 14.6. The molecule has 2 bridgehead atoms. The van der Waals surface area contributed by atoms with Crippen LogP contribution in [-0.2, 0) is 4.79 Å². The molecule has 1 aromatic rings. The molecule has 0 N–H and O–H groups in total. The summed E-state index contributed by atoms with van der Waals surface area (Å²) in [5.74, 6) is -0.445. The molecule has 17 heavy (non-hydrogen) atoms. The summed E-state index contributed by atoms with van der Waals surface area (Å²) >= 11 is 0. The summed E-state index contributed by atoms with van der Waals surface area (Å²) in [6, 6.07) is 8.65. The number of halogens is 1. The molecule has 0 aromatic heterocycles. The van der Waals surface area contributed by atoms with Crippen LogP contribution >= 0.6 is 0 Å². The van der Waals surface area contributed by atoms with Crippen LogP contribution in [0.3, 0.4) is 0 Å². The predicted octanol–water partition coefficient (Wildman–Crippen LogP) is 2.90. The van der Waals surface area contributed by atoms with Gasteiger partial charge in [-0.3, -0.25) is 0 Å². The van der Waals surface area contributed by atoms with E-state index in [0.717, 1.165) is 6.42 Å². The van der Waals surface area contributed by atoms with Crippen molar-refractivity contribution in [2.75, 3.05) is 0 Å². The minimum atomic E-state index is -1.82. The van der Waals surface area contributed by atoms with E-state index in [2.05, 4.69) is 0 Å². The molecule has 0 radical (unpaired) electrons. The Balaban J connectivity index is 1.77. The van der Waals surface area contributed by atoms with Crippen LogP contribution < -0.4 is 4.74 Å². The van der Waals surface area contributed by atoms with Gasteiger partial charge in [-0.25, -0.2) is 9.18 Å². The molecule has 0 spiro atoms. The number of rotatable bonds is 2. The maximum atomic E-state index is 14.6. The van der Waals surface area contributed by atoms with Crippen molar-refractivity contribution in [2.45, 2.75) is 18.5 Å². The minimum Gasteiger partial charge on any atom is -0.424 e. The SMILES string of the molecule is O=C(Oc1ccccc1)[C@@]1(F)C[C@H]2C=C[C@@H]1C2. The Morgan fingerprint density at radius 2 is 2.06 bits per heavy atom. The fourth-order valence-corrected chi connectivity index (χ4v) is 2.71. The number of fused-ring (bicyclic) bond motifs is 2. The van der Waals surface area contributed by atoms with Crippen molar-refractivity contribution < 1.29 is 13.9 Å². The van der Waals surface area contributed by atoms with Gasteiger partial charge in [-0.1, -0.05) is 30.4 Å². The largest absolute Gasteiger partial charge is 0.424 e. The first-order valence-corrected chi connectivity index (χ1v) is 5.83. The van der Waals surface area contributed by atoms with E-state index in [1.165, 1.54) is 0 Å². The second-order valence-electron chi connectivity index (χ2n) is 4.76. The average molecular weight is 232 g/mol. The third-order valence-electron chi connectivity index (χ3n) is 3.61. The van der Waals surface area contributed by atoms with Gasteiger partial charge in [-0.05, 0) is 30.9 Å². The molecule has 2 aliphatic carbocycles. The minimum absolute atomic E-state index is 0.202. The molecular formula is C14H13FO2. The lowest BCUT2D eigenvalue weighted by atomic mass is 9.90. The molecule has 1 aromatic carbocycles. The predicted molar refractivity (Wildman–Crippen MR) is 61.3 cm³/mol. The van der Waals surface area contributed by atoms with Crippen LogP contribution in [0.5, 0.6) is 5.75 Å². The Hall–Kier alpha value is -1.64. The number of esters is 1. The van der Waals surface area contributed by atoms with Crippen LogP contribution in [0.4, 0.5) is 4.39 Å². The van der Waals surface area contributed by atoms with E-state index in [0.29, 0.717) is 5.75 Å². The number of hydrogen-bond donors (Lipinski definition) is 0. The zero-order chi connectivity index (χ0) is 11.9. The Labute approximate surface area is 99.1 Å². The lowest BCUT2D eigenvalue weighted by molar-refractivity contribution is -0.149. The fourth-order valence-electron chi connectivity index (χ4n) is 2.71. The molecule has 88 valence electrons. The van der Waals surface area contributed by atoms with Crippen molar-refractivity contribution in [2.24, 2.45) is 11.8 Å². The highest BCUT2D eigenvalue weighted by Crippen LogP contribution is 2.49. The monoisotopic (exact) mass is 232 g/mol. The Morgan fingerprint density at radius 3 is 2.65 bits per heavy atom. The molecule has 3 heteroatoms. The van der Waals surface area contributed by atoms with E-state index in [-0.39, 0.29) is 18.3 Å². The van der Waals surface area contributed by atoms with E-state index >= 15 is 0 Å². The third-order valence-corrected chi connectivity index (χ3v) is 3.61. The van der Waals surface area contributed by atoms with Gasteiger partial charge in [0.25, 0.3) is 0 Å². The second kappa shape index (κ2) is 3.69.